The van der Waals surface area contributed by atoms with Crippen LogP contribution in [-0.2, 0) is 6.54 Å². The van der Waals surface area contributed by atoms with Gasteiger partial charge in [0.1, 0.15) is 17.2 Å². The minimum Gasteiger partial charge on any atom is -0.496 e. The number of hydrogen-bond acceptors (Lipinski definition) is 4. The standard InChI is InChI=1S/C21H26N2O3/c1-22(2)21(24)16-6-9-18(10-7-16)26-19-11-8-17(20(14-19)25-3)15-23-12-4-5-13-23/h6-11,14H,4-5,12-13,15H2,1-3H3. The van der Waals surface area contributed by atoms with Crippen LogP contribution < -0.4 is 9.47 Å². The van der Waals surface area contributed by atoms with Gasteiger partial charge in [0.2, 0.25) is 0 Å². The van der Waals surface area contributed by atoms with E-state index in [1.807, 2.05) is 12.1 Å². The third-order valence-corrected chi connectivity index (χ3v) is 4.59. The molecule has 0 unspecified atom stereocenters. The third-order valence-electron chi connectivity index (χ3n) is 4.59. The minimum atomic E-state index is -0.0236. The number of hydrogen-bond donors (Lipinski definition) is 0. The van der Waals surface area contributed by atoms with E-state index in [0.29, 0.717) is 11.3 Å². The van der Waals surface area contributed by atoms with E-state index < -0.39 is 0 Å². The Hall–Kier alpha value is -2.53. The third kappa shape index (κ3) is 4.35. The molecule has 2 aromatic carbocycles. The van der Waals surface area contributed by atoms with E-state index in [1.165, 1.54) is 18.4 Å². The number of likely N-dealkylation sites (tertiary alicyclic amines) is 1. The first kappa shape index (κ1) is 18.3. The van der Waals surface area contributed by atoms with Crippen LogP contribution in [0.2, 0.25) is 0 Å². The van der Waals surface area contributed by atoms with Crippen molar-refractivity contribution >= 4 is 5.91 Å². The Balaban J connectivity index is 1.70. The largest absolute Gasteiger partial charge is 0.496 e. The molecule has 3 rings (SSSR count). The highest BCUT2D eigenvalue weighted by Crippen LogP contribution is 2.30. The molecule has 0 N–H and O–H groups in total. The van der Waals surface area contributed by atoms with Crippen molar-refractivity contribution in [3.63, 3.8) is 0 Å². The molecule has 0 radical (unpaired) electrons. The van der Waals surface area contributed by atoms with Crippen LogP contribution in [0.15, 0.2) is 42.5 Å². The molecule has 5 heteroatoms. The first-order valence-corrected chi connectivity index (χ1v) is 8.95. The average molecular weight is 354 g/mol. The Morgan fingerprint density at radius 2 is 1.69 bits per heavy atom. The number of methoxy groups -OCH3 is 1. The van der Waals surface area contributed by atoms with Gasteiger partial charge in [0.15, 0.2) is 0 Å². The normalized spacial score (nSPS) is 14.3. The first-order valence-electron chi connectivity index (χ1n) is 8.95. The molecular weight excluding hydrogens is 328 g/mol. The second-order valence-corrected chi connectivity index (χ2v) is 6.78. The predicted molar refractivity (Wildman–Crippen MR) is 102 cm³/mol. The molecule has 0 bridgehead atoms. The molecule has 1 heterocycles. The van der Waals surface area contributed by atoms with Crippen LogP contribution in [0.25, 0.3) is 0 Å². The topological polar surface area (TPSA) is 42.0 Å². The summed E-state index contributed by atoms with van der Waals surface area (Å²) in [5.41, 5.74) is 1.81. The van der Waals surface area contributed by atoms with Crippen molar-refractivity contribution in [1.29, 1.82) is 0 Å². The number of ether oxygens (including phenoxy) is 2. The summed E-state index contributed by atoms with van der Waals surface area (Å²) in [5.74, 6) is 2.23. The quantitative estimate of drug-likeness (QED) is 0.792. The van der Waals surface area contributed by atoms with E-state index in [4.69, 9.17) is 9.47 Å². The zero-order valence-corrected chi connectivity index (χ0v) is 15.7. The summed E-state index contributed by atoms with van der Waals surface area (Å²) in [4.78, 5) is 15.9. The summed E-state index contributed by atoms with van der Waals surface area (Å²) < 4.78 is 11.5. The van der Waals surface area contributed by atoms with E-state index in [2.05, 4.69) is 11.0 Å². The summed E-state index contributed by atoms with van der Waals surface area (Å²) in [6.45, 7) is 3.21. The monoisotopic (exact) mass is 354 g/mol. The van der Waals surface area contributed by atoms with Crippen molar-refractivity contribution < 1.29 is 14.3 Å². The fourth-order valence-corrected chi connectivity index (χ4v) is 3.16. The number of carbonyl (C=O) groups is 1. The second-order valence-electron chi connectivity index (χ2n) is 6.78. The lowest BCUT2D eigenvalue weighted by molar-refractivity contribution is 0.0827. The van der Waals surface area contributed by atoms with Crippen LogP contribution in [0.3, 0.4) is 0 Å². The van der Waals surface area contributed by atoms with Crippen LogP contribution in [-0.4, -0.2) is 50.0 Å². The molecule has 0 saturated carbocycles. The van der Waals surface area contributed by atoms with E-state index in [1.54, 1.807) is 50.4 Å². The Morgan fingerprint density at radius 3 is 2.31 bits per heavy atom. The van der Waals surface area contributed by atoms with Crippen molar-refractivity contribution in [3.8, 4) is 17.2 Å². The smallest absolute Gasteiger partial charge is 0.253 e. The van der Waals surface area contributed by atoms with Gasteiger partial charge in [-0.15, -0.1) is 0 Å². The van der Waals surface area contributed by atoms with Crippen molar-refractivity contribution in [2.75, 3.05) is 34.3 Å². The highest BCUT2D eigenvalue weighted by atomic mass is 16.5. The maximum absolute atomic E-state index is 11.9. The van der Waals surface area contributed by atoms with Gasteiger partial charge in [0, 0.05) is 37.8 Å². The van der Waals surface area contributed by atoms with Crippen molar-refractivity contribution in [2.24, 2.45) is 0 Å². The van der Waals surface area contributed by atoms with E-state index in [-0.39, 0.29) is 5.91 Å². The highest BCUT2D eigenvalue weighted by molar-refractivity contribution is 5.93. The first-order chi connectivity index (χ1) is 12.6. The number of rotatable bonds is 6. The fraction of sp³-hybridized carbons (Fsp3) is 0.381. The molecular formula is C21H26N2O3. The molecule has 26 heavy (non-hydrogen) atoms. The van der Waals surface area contributed by atoms with E-state index in [0.717, 1.165) is 31.1 Å². The SMILES string of the molecule is COc1cc(Oc2ccc(C(=O)N(C)C)cc2)ccc1CN1CCCC1. The van der Waals surface area contributed by atoms with Gasteiger partial charge in [0.25, 0.3) is 5.91 Å². The lowest BCUT2D eigenvalue weighted by Gasteiger charge is -2.17. The maximum atomic E-state index is 11.9. The molecule has 138 valence electrons. The summed E-state index contributed by atoms with van der Waals surface area (Å²) in [6, 6.07) is 13.1. The van der Waals surface area contributed by atoms with Gasteiger partial charge in [-0.2, -0.15) is 0 Å². The molecule has 5 nitrogen and oxygen atoms in total. The van der Waals surface area contributed by atoms with Gasteiger partial charge >= 0.3 is 0 Å². The van der Waals surface area contributed by atoms with Gasteiger partial charge in [-0.25, -0.2) is 0 Å². The van der Waals surface area contributed by atoms with Crippen molar-refractivity contribution in [2.45, 2.75) is 19.4 Å². The highest BCUT2D eigenvalue weighted by Gasteiger charge is 2.15. The number of nitrogens with zero attached hydrogens (tertiary/aromatic N) is 2. The zero-order chi connectivity index (χ0) is 18.5. The summed E-state index contributed by atoms with van der Waals surface area (Å²) in [6.07, 6.45) is 2.55. The molecule has 1 saturated heterocycles. The summed E-state index contributed by atoms with van der Waals surface area (Å²) >= 11 is 0. The fourth-order valence-electron chi connectivity index (χ4n) is 3.16. The van der Waals surface area contributed by atoms with Gasteiger partial charge in [-0.05, 0) is 56.3 Å². The zero-order valence-electron chi connectivity index (χ0n) is 15.7. The van der Waals surface area contributed by atoms with E-state index in [9.17, 15) is 4.79 Å². The van der Waals surface area contributed by atoms with Crippen LogP contribution in [0.4, 0.5) is 0 Å². The van der Waals surface area contributed by atoms with Crippen molar-refractivity contribution in [1.82, 2.24) is 9.80 Å². The van der Waals surface area contributed by atoms with E-state index >= 15 is 0 Å². The molecule has 0 aliphatic carbocycles. The average Bonchev–Trinajstić information content (AvgIpc) is 3.16. The Morgan fingerprint density at radius 1 is 1.04 bits per heavy atom. The van der Waals surface area contributed by atoms with Crippen LogP contribution >= 0.6 is 0 Å². The molecule has 1 amide bonds. The molecule has 0 spiro atoms. The second kappa shape index (κ2) is 8.23. The molecule has 1 fully saturated rings. The number of amides is 1. The number of benzene rings is 2. The summed E-state index contributed by atoms with van der Waals surface area (Å²) in [5, 5.41) is 0. The Labute approximate surface area is 155 Å². The Kier molecular flexibility index (Phi) is 5.78. The lowest BCUT2D eigenvalue weighted by atomic mass is 10.1. The van der Waals surface area contributed by atoms with Crippen molar-refractivity contribution in [3.05, 3.63) is 53.6 Å². The molecule has 2 aromatic rings. The lowest BCUT2D eigenvalue weighted by Crippen LogP contribution is -2.21. The predicted octanol–water partition coefficient (Wildman–Crippen LogP) is 3.79. The molecule has 1 aliphatic heterocycles. The Bertz CT molecular complexity index is 750. The van der Waals surface area contributed by atoms with Gasteiger partial charge in [-0.3, -0.25) is 9.69 Å². The van der Waals surface area contributed by atoms with Crippen LogP contribution in [0.5, 0.6) is 17.2 Å². The summed E-state index contributed by atoms with van der Waals surface area (Å²) in [7, 11) is 5.17. The van der Waals surface area contributed by atoms with Crippen LogP contribution in [0, 0.1) is 0 Å². The molecule has 1 aliphatic rings. The molecule has 0 aromatic heterocycles. The van der Waals surface area contributed by atoms with Crippen LogP contribution in [0.1, 0.15) is 28.8 Å². The maximum Gasteiger partial charge on any atom is 0.253 e. The van der Waals surface area contributed by atoms with Gasteiger partial charge < -0.3 is 14.4 Å². The van der Waals surface area contributed by atoms with Gasteiger partial charge in [-0.1, -0.05) is 6.07 Å². The number of carbonyl (C=O) groups excluding carboxylic acids is 1. The minimum absolute atomic E-state index is 0.0236. The van der Waals surface area contributed by atoms with Gasteiger partial charge in [0.05, 0.1) is 7.11 Å². The molecule has 0 atom stereocenters.